The van der Waals surface area contributed by atoms with Gasteiger partial charge in [-0.2, -0.15) is 0 Å². The smallest absolute Gasteiger partial charge is 0.254 e. The van der Waals surface area contributed by atoms with Crippen LogP contribution in [0.5, 0.6) is 5.75 Å². The Morgan fingerprint density at radius 2 is 1.96 bits per heavy atom. The second-order valence-electron chi connectivity index (χ2n) is 6.88. The van der Waals surface area contributed by atoms with Crippen LogP contribution >= 0.6 is 0 Å². The molecule has 0 fully saturated rings. The van der Waals surface area contributed by atoms with Gasteiger partial charge in [-0.15, -0.1) is 0 Å². The van der Waals surface area contributed by atoms with Crippen LogP contribution in [0.4, 0.5) is 5.69 Å². The van der Waals surface area contributed by atoms with Crippen molar-refractivity contribution >= 4 is 17.5 Å². The lowest BCUT2D eigenvalue weighted by atomic mass is 10.0. The van der Waals surface area contributed by atoms with E-state index in [0.29, 0.717) is 13.2 Å². The van der Waals surface area contributed by atoms with E-state index in [1.807, 2.05) is 49.4 Å². The van der Waals surface area contributed by atoms with Gasteiger partial charge in [-0.3, -0.25) is 9.59 Å². The molecule has 2 amide bonds. The van der Waals surface area contributed by atoms with Crippen molar-refractivity contribution in [2.24, 2.45) is 0 Å². The van der Waals surface area contributed by atoms with Gasteiger partial charge in [0.1, 0.15) is 11.8 Å². The summed E-state index contributed by atoms with van der Waals surface area (Å²) in [6.07, 6.45) is 2.06. The third kappa shape index (κ3) is 3.97. The predicted molar refractivity (Wildman–Crippen MR) is 106 cm³/mol. The summed E-state index contributed by atoms with van der Waals surface area (Å²) in [5, 5.41) is 2.79. The molecule has 27 heavy (non-hydrogen) atoms. The Kier molecular flexibility index (Phi) is 5.79. The van der Waals surface area contributed by atoms with Gasteiger partial charge >= 0.3 is 0 Å². The van der Waals surface area contributed by atoms with Crippen molar-refractivity contribution < 1.29 is 14.3 Å². The largest absolute Gasteiger partial charge is 0.493 e. The van der Waals surface area contributed by atoms with E-state index >= 15 is 0 Å². The van der Waals surface area contributed by atoms with Gasteiger partial charge in [0.15, 0.2) is 0 Å². The van der Waals surface area contributed by atoms with Crippen LogP contribution in [0.15, 0.2) is 42.5 Å². The van der Waals surface area contributed by atoms with Crippen molar-refractivity contribution in [3.8, 4) is 5.75 Å². The van der Waals surface area contributed by atoms with Gasteiger partial charge in [-0.25, -0.2) is 0 Å². The molecule has 1 unspecified atom stereocenters. The highest BCUT2D eigenvalue weighted by Crippen LogP contribution is 2.40. The van der Waals surface area contributed by atoms with Gasteiger partial charge in [-0.1, -0.05) is 49.7 Å². The van der Waals surface area contributed by atoms with Crippen LogP contribution in [0.3, 0.4) is 0 Å². The number of nitrogens with zero attached hydrogens (tertiary/aromatic N) is 1. The Labute approximate surface area is 160 Å². The molecule has 0 saturated carbocycles. The second-order valence-corrected chi connectivity index (χ2v) is 6.88. The molecule has 0 aliphatic carbocycles. The number of para-hydroxylation sites is 2. The molecule has 0 radical (unpaired) electrons. The van der Waals surface area contributed by atoms with Crippen molar-refractivity contribution in [2.45, 2.75) is 46.2 Å². The Balaban J connectivity index is 1.92. The van der Waals surface area contributed by atoms with Crippen LogP contribution in [-0.4, -0.2) is 18.4 Å². The van der Waals surface area contributed by atoms with E-state index < -0.39 is 6.04 Å². The van der Waals surface area contributed by atoms with Crippen molar-refractivity contribution in [2.75, 3.05) is 11.5 Å². The number of hydrogen-bond donors (Lipinski definition) is 1. The summed E-state index contributed by atoms with van der Waals surface area (Å²) < 4.78 is 5.92. The minimum atomic E-state index is -0.634. The number of anilines is 1. The van der Waals surface area contributed by atoms with E-state index in [0.717, 1.165) is 41.0 Å². The summed E-state index contributed by atoms with van der Waals surface area (Å²) in [5.41, 5.74) is 3.70. The fourth-order valence-electron chi connectivity index (χ4n) is 3.45. The SMILES string of the molecule is CCCCOc1ccccc1CN1C(=O)C(NC(C)=O)c2cccc(C)c21. The quantitative estimate of drug-likeness (QED) is 0.756. The van der Waals surface area contributed by atoms with Crippen LogP contribution in [0.2, 0.25) is 0 Å². The molecule has 5 nitrogen and oxygen atoms in total. The number of nitrogens with one attached hydrogen (secondary N) is 1. The maximum absolute atomic E-state index is 13.1. The van der Waals surface area contributed by atoms with E-state index in [-0.39, 0.29) is 11.8 Å². The van der Waals surface area contributed by atoms with E-state index in [1.165, 1.54) is 6.92 Å². The third-order valence-corrected chi connectivity index (χ3v) is 4.77. The molecule has 0 saturated heterocycles. The average Bonchev–Trinajstić information content (AvgIpc) is 2.90. The predicted octanol–water partition coefficient (Wildman–Crippen LogP) is 3.90. The monoisotopic (exact) mass is 366 g/mol. The lowest BCUT2D eigenvalue weighted by Gasteiger charge is -2.21. The molecule has 2 aromatic rings. The van der Waals surface area contributed by atoms with Crippen LogP contribution in [0.25, 0.3) is 0 Å². The number of aryl methyl sites for hydroxylation is 1. The topological polar surface area (TPSA) is 58.6 Å². The minimum absolute atomic E-state index is 0.113. The zero-order valence-electron chi connectivity index (χ0n) is 16.1. The number of benzene rings is 2. The number of hydrogen-bond acceptors (Lipinski definition) is 3. The van der Waals surface area contributed by atoms with E-state index in [9.17, 15) is 9.59 Å². The molecule has 2 aromatic carbocycles. The molecule has 1 N–H and O–H groups in total. The second kappa shape index (κ2) is 8.25. The molecule has 142 valence electrons. The Morgan fingerprint density at radius 3 is 2.70 bits per heavy atom. The molecule has 1 heterocycles. The summed E-state index contributed by atoms with van der Waals surface area (Å²) in [6.45, 7) is 6.61. The number of amides is 2. The third-order valence-electron chi connectivity index (χ3n) is 4.77. The van der Waals surface area contributed by atoms with Crippen LogP contribution < -0.4 is 15.0 Å². The number of ether oxygens (including phenoxy) is 1. The number of carbonyl (C=O) groups is 2. The molecule has 1 aliphatic heterocycles. The number of unbranched alkanes of at least 4 members (excludes halogenated alkanes) is 1. The Bertz CT molecular complexity index is 847. The first-order chi connectivity index (χ1) is 13.0. The highest BCUT2D eigenvalue weighted by Gasteiger charge is 2.38. The minimum Gasteiger partial charge on any atom is -0.493 e. The first-order valence-electron chi connectivity index (χ1n) is 9.41. The van der Waals surface area contributed by atoms with Gasteiger partial charge in [-0.05, 0) is 25.0 Å². The van der Waals surface area contributed by atoms with Gasteiger partial charge in [0.25, 0.3) is 5.91 Å². The molecule has 5 heteroatoms. The van der Waals surface area contributed by atoms with Crippen molar-refractivity contribution in [3.05, 3.63) is 59.2 Å². The molecule has 0 aromatic heterocycles. The normalized spacial score (nSPS) is 15.6. The maximum atomic E-state index is 13.1. The van der Waals surface area contributed by atoms with E-state index in [4.69, 9.17) is 4.74 Å². The van der Waals surface area contributed by atoms with E-state index in [1.54, 1.807) is 4.90 Å². The summed E-state index contributed by atoms with van der Waals surface area (Å²) in [6, 6.07) is 13.0. The molecule has 1 aliphatic rings. The molecule has 0 spiro atoms. The van der Waals surface area contributed by atoms with Gasteiger partial charge in [0, 0.05) is 18.1 Å². The number of rotatable bonds is 7. The summed E-state index contributed by atoms with van der Waals surface area (Å²) >= 11 is 0. The first kappa shape index (κ1) is 19.0. The molecule has 3 rings (SSSR count). The van der Waals surface area contributed by atoms with Gasteiger partial charge in [0.2, 0.25) is 5.91 Å². The van der Waals surface area contributed by atoms with Crippen molar-refractivity contribution in [3.63, 3.8) is 0 Å². The standard InChI is InChI=1S/C22H26N2O3/c1-4-5-13-27-19-12-7-6-10-17(19)14-24-21-15(2)9-8-11-18(21)20(22(24)26)23-16(3)25/h6-12,20H,4-5,13-14H2,1-3H3,(H,23,25). The first-order valence-corrected chi connectivity index (χ1v) is 9.41. The van der Waals surface area contributed by atoms with Gasteiger partial charge in [0.05, 0.1) is 18.8 Å². The molecular formula is C22H26N2O3. The lowest BCUT2D eigenvalue weighted by Crippen LogP contribution is -2.36. The summed E-state index contributed by atoms with van der Waals surface area (Å²) in [5.74, 6) is 0.473. The summed E-state index contributed by atoms with van der Waals surface area (Å²) in [7, 11) is 0. The molecule has 0 bridgehead atoms. The zero-order valence-corrected chi connectivity index (χ0v) is 16.1. The number of fused-ring (bicyclic) bond motifs is 1. The Hall–Kier alpha value is -2.82. The zero-order chi connectivity index (χ0) is 19.4. The lowest BCUT2D eigenvalue weighted by molar-refractivity contribution is -0.126. The fraction of sp³-hybridized carbons (Fsp3) is 0.364. The van der Waals surface area contributed by atoms with E-state index in [2.05, 4.69) is 12.2 Å². The molecule has 1 atom stereocenters. The summed E-state index contributed by atoms with van der Waals surface area (Å²) in [4.78, 5) is 26.5. The maximum Gasteiger partial charge on any atom is 0.254 e. The van der Waals surface area contributed by atoms with Crippen molar-refractivity contribution in [1.82, 2.24) is 5.32 Å². The highest BCUT2D eigenvalue weighted by atomic mass is 16.5. The number of carbonyl (C=O) groups excluding carboxylic acids is 2. The van der Waals surface area contributed by atoms with Crippen molar-refractivity contribution in [1.29, 1.82) is 0 Å². The van der Waals surface area contributed by atoms with Crippen LogP contribution in [0, 0.1) is 6.92 Å². The van der Waals surface area contributed by atoms with Crippen LogP contribution in [-0.2, 0) is 16.1 Å². The average molecular weight is 366 g/mol. The Morgan fingerprint density at radius 1 is 1.19 bits per heavy atom. The van der Waals surface area contributed by atoms with Crippen LogP contribution in [0.1, 0.15) is 49.4 Å². The van der Waals surface area contributed by atoms with Gasteiger partial charge < -0.3 is 15.0 Å². The fourth-order valence-corrected chi connectivity index (χ4v) is 3.45. The highest BCUT2D eigenvalue weighted by molar-refractivity contribution is 6.06. The molecular weight excluding hydrogens is 340 g/mol.